The molecule has 0 aliphatic carbocycles. The highest BCUT2D eigenvalue weighted by atomic mass is 16.4. The van der Waals surface area contributed by atoms with E-state index in [0.717, 1.165) is 0 Å². The van der Waals surface area contributed by atoms with E-state index in [1.165, 1.54) is 12.3 Å². The molecule has 2 rings (SSSR count). The van der Waals surface area contributed by atoms with Gasteiger partial charge >= 0.3 is 5.97 Å². The summed E-state index contributed by atoms with van der Waals surface area (Å²) in [5.41, 5.74) is 5.86. The van der Waals surface area contributed by atoms with Crippen LogP contribution < -0.4 is 11.1 Å². The summed E-state index contributed by atoms with van der Waals surface area (Å²) in [6.45, 7) is 1.05. The van der Waals surface area contributed by atoms with Gasteiger partial charge in [-0.1, -0.05) is 5.21 Å². The third kappa shape index (κ3) is 2.73. The monoisotopic (exact) mass is 248 g/mol. The summed E-state index contributed by atoms with van der Waals surface area (Å²) in [7, 11) is 0. The predicted octanol–water partition coefficient (Wildman–Crippen LogP) is 0.0656. The number of hydrogen-bond acceptors (Lipinski definition) is 6. The van der Waals surface area contributed by atoms with Gasteiger partial charge in [-0.15, -0.1) is 5.10 Å². The van der Waals surface area contributed by atoms with Crippen molar-refractivity contribution in [1.29, 1.82) is 0 Å². The van der Waals surface area contributed by atoms with Gasteiger partial charge in [-0.25, -0.2) is 9.78 Å². The Hall–Kier alpha value is -2.64. The van der Waals surface area contributed by atoms with E-state index in [0.29, 0.717) is 18.8 Å². The second-order valence-corrected chi connectivity index (χ2v) is 3.56. The van der Waals surface area contributed by atoms with E-state index >= 15 is 0 Å². The molecule has 0 fully saturated rings. The molecule has 18 heavy (non-hydrogen) atoms. The molecule has 2 aromatic rings. The van der Waals surface area contributed by atoms with Crippen molar-refractivity contribution in [2.75, 3.05) is 17.6 Å². The van der Waals surface area contributed by atoms with Gasteiger partial charge in [-0.3, -0.25) is 4.68 Å². The van der Waals surface area contributed by atoms with Gasteiger partial charge in [0.25, 0.3) is 0 Å². The molecule has 0 aromatic carbocycles. The maximum atomic E-state index is 11.0. The normalized spacial score (nSPS) is 10.2. The summed E-state index contributed by atoms with van der Waals surface area (Å²) >= 11 is 0. The van der Waals surface area contributed by atoms with Crippen LogP contribution in [0.1, 0.15) is 10.4 Å². The zero-order valence-electron chi connectivity index (χ0n) is 9.45. The zero-order valence-corrected chi connectivity index (χ0v) is 9.45. The average molecular weight is 248 g/mol. The Balaban J connectivity index is 2.02. The van der Waals surface area contributed by atoms with Crippen LogP contribution in [-0.2, 0) is 6.54 Å². The summed E-state index contributed by atoms with van der Waals surface area (Å²) in [5.74, 6) is -0.783. The third-order valence-corrected chi connectivity index (χ3v) is 2.24. The Morgan fingerprint density at radius 2 is 2.39 bits per heavy atom. The number of pyridine rings is 1. The number of aromatic carboxylic acids is 1. The number of anilines is 2. The first-order chi connectivity index (χ1) is 8.66. The van der Waals surface area contributed by atoms with Crippen molar-refractivity contribution in [3.8, 4) is 0 Å². The maximum absolute atomic E-state index is 11.0. The number of nitrogens with one attached hydrogen (secondary N) is 1. The first-order valence-corrected chi connectivity index (χ1v) is 5.23. The van der Waals surface area contributed by atoms with Gasteiger partial charge in [-0.05, 0) is 6.07 Å². The maximum Gasteiger partial charge on any atom is 0.339 e. The van der Waals surface area contributed by atoms with Gasteiger partial charge in [0.2, 0.25) is 0 Å². The van der Waals surface area contributed by atoms with Crippen LogP contribution in [0.4, 0.5) is 11.5 Å². The highest BCUT2D eigenvalue weighted by Gasteiger charge is 2.11. The smallest absolute Gasteiger partial charge is 0.339 e. The molecule has 8 nitrogen and oxygen atoms in total. The standard InChI is InChI=1S/C10H12N6O2/c11-7-5-8(10(17)18)9(13-6-7)12-1-3-16-4-2-14-15-16/h2,4-6H,1,3,11H2,(H,12,13)(H,17,18). The van der Waals surface area contributed by atoms with Crippen LogP contribution in [0.15, 0.2) is 24.7 Å². The SMILES string of the molecule is Nc1cnc(NCCn2ccnn2)c(C(=O)O)c1. The minimum Gasteiger partial charge on any atom is -0.478 e. The largest absolute Gasteiger partial charge is 0.478 e. The second-order valence-electron chi connectivity index (χ2n) is 3.56. The van der Waals surface area contributed by atoms with Crippen LogP contribution in [0, 0.1) is 0 Å². The predicted molar refractivity (Wildman–Crippen MR) is 64.1 cm³/mol. The van der Waals surface area contributed by atoms with E-state index in [9.17, 15) is 4.79 Å². The molecular weight excluding hydrogens is 236 g/mol. The number of nitrogen functional groups attached to an aromatic ring is 1. The fourth-order valence-electron chi connectivity index (χ4n) is 1.43. The third-order valence-electron chi connectivity index (χ3n) is 2.24. The molecule has 0 spiro atoms. The number of aromatic nitrogens is 4. The van der Waals surface area contributed by atoms with Crippen LogP contribution in [0.2, 0.25) is 0 Å². The van der Waals surface area contributed by atoms with Gasteiger partial charge in [0, 0.05) is 12.7 Å². The van der Waals surface area contributed by atoms with E-state index < -0.39 is 5.97 Å². The minimum absolute atomic E-state index is 0.0496. The summed E-state index contributed by atoms with van der Waals surface area (Å²) in [4.78, 5) is 15.0. The second kappa shape index (κ2) is 5.13. The lowest BCUT2D eigenvalue weighted by atomic mass is 10.2. The van der Waals surface area contributed by atoms with Gasteiger partial charge in [0.1, 0.15) is 11.4 Å². The van der Waals surface area contributed by atoms with Crippen molar-refractivity contribution >= 4 is 17.5 Å². The van der Waals surface area contributed by atoms with Crippen molar-refractivity contribution in [1.82, 2.24) is 20.0 Å². The molecule has 0 bridgehead atoms. The first-order valence-electron chi connectivity index (χ1n) is 5.23. The molecule has 0 saturated heterocycles. The molecule has 0 aliphatic rings. The lowest BCUT2D eigenvalue weighted by Crippen LogP contribution is -2.14. The fraction of sp³-hybridized carbons (Fsp3) is 0.200. The highest BCUT2D eigenvalue weighted by molar-refractivity contribution is 5.94. The van der Waals surface area contributed by atoms with Gasteiger partial charge in [0.15, 0.2) is 0 Å². The molecule has 0 radical (unpaired) electrons. The van der Waals surface area contributed by atoms with E-state index in [1.807, 2.05) is 0 Å². The molecule has 0 atom stereocenters. The molecule has 0 aliphatic heterocycles. The van der Waals surface area contributed by atoms with Crippen molar-refractivity contribution in [3.05, 3.63) is 30.2 Å². The van der Waals surface area contributed by atoms with E-state index in [2.05, 4.69) is 20.6 Å². The molecule has 2 heterocycles. The number of carbonyl (C=O) groups is 1. The lowest BCUT2D eigenvalue weighted by molar-refractivity contribution is 0.0697. The topological polar surface area (TPSA) is 119 Å². The van der Waals surface area contributed by atoms with Gasteiger partial charge in [0.05, 0.1) is 24.6 Å². The fourth-order valence-corrected chi connectivity index (χ4v) is 1.43. The molecule has 94 valence electrons. The Morgan fingerprint density at radius 3 is 3.06 bits per heavy atom. The van der Waals surface area contributed by atoms with Gasteiger partial charge < -0.3 is 16.2 Å². The zero-order chi connectivity index (χ0) is 13.0. The average Bonchev–Trinajstić information content (AvgIpc) is 2.84. The van der Waals surface area contributed by atoms with E-state index in [4.69, 9.17) is 10.8 Å². The first kappa shape index (κ1) is 11.8. The summed E-state index contributed by atoms with van der Waals surface area (Å²) in [6.07, 6.45) is 4.70. The van der Waals surface area contributed by atoms with Crippen LogP contribution in [-0.4, -0.2) is 37.6 Å². The molecule has 8 heteroatoms. The molecular formula is C10H12N6O2. The van der Waals surface area contributed by atoms with Crippen LogP contribution in [0.3, 0.4) is 0 Å². The summed E-state index contributed by atoms with van der Waals surface area (Å²) < 4.78 is 1.63. The Labute approximate surface area is 102 Å². The van der Waals surface area contributed by atoms with E-state index in [1.54, 1.807) is 17.1 Å². The quantitative estimate of drug-likeness (QED) is 0.684. The van der Waals surface area contributed by atoms with Gasteiger partial charge in [-0.2, -0.15) is 0 Å². The summed E-state index contributed by atoms with van der Waals surface area (Å²) in [5, 5.41) is 19.4. The highest BCUT2D eigenvalue weighted by Crippen LogP contribution is 2.15. The Morgan fingerprint density at radius 1 is 1.56 bits per heavy atom. The Kier molecular flexibility index (Phi) is 3.37. The van der Waals surface area contributed by atoms with E-state index in [-0.39, 0.29) is 11.4 Å². The number of nitrogens with two attached hydrogens (primary N) is 1. The number of rotatable bonds is 5. The molecule has 4 N–H and O–H groups in total. The number of nitrogens with zero attached hydrogens (tertiary/aromatic N) is 4. The number of carboxylic acids is 1. The Bertz CT molecular complexity index is 539. The van der Waals surface area contributed by atoms with Crippen molar-refractivity contribution in [3.63, 3.8) is 0 Å². The number of hydrogen-bond donors (Lipinski definition) is 3. The van der Waals surface area contributed by atoms with Crippen LogP contribution in [0.25, 0.3) is 0 Å². The van der Waals surface area contributed by atoms with Crippen LogP contribution >= 0.6 is 0 Å². The van der Waals surface area contributed by atoms with Crippen molar-refractivity contribution < 1.29 is 9.90 Å². The van der Waals surface area contributed by atoms with Crippen LogP contribution in [0.5, 0.6) is 0 Å². The number of carboxylic acid groups (broad SMARTS) is 1. The molecule has 0 amide bonds. The molecule has 0 saturated carbocycles. The molecule has 0 unspecified atom stereocenters. The minimum atomic E-state index is -1.07. The molecule has 2 aromatic heterocycles. The lowest BCUT2D eigenvalue weighted by Gasteiger charge is -2.08. The summed E-state index contributed by atoms with van der Waals surface area (Å²) in [6, 6.07) is 1.37. The van der Waals surface area contributed by atoms with Crippen molar-refractivity contribution in [2.45, 2.75) is 6.54 Å². The van der Waals surface area contributed by atoms with Crippen molar-refractivity contribution in [2.24, 2.45) is 0 Å².